The van der Waals surface area contributed by atoms with Gasteiger partial charge in [-0.3, -0.25) is 4.90 Å². The SMILES string of the molecule is COc1ccc(CN(C)C(c2ccc(OC)cc2)P(=O)(c2ccccc2)c2ccccc2)cc1. The Labute approximate surface area is 202 Å². The minimum absolute atomic E-state index is 0.370. The summed E-state index contributed by atoms with van der Waals surface area (Å²) in [7, 11) is 2.23. The van der Waals surface area contributed by atoms with E-state index in [1.165, 1.54) is 0 Å². The molecule has 0 amide bonds. The summed E-state index contributed by atoms with van der Waals surface area (Å²) in [6, 6.07) is 35.6. The summed E-state index contributed by atoms with van der Waals surface area (Å²) in [6.07, 6.45) is 0. The van der Waals surface area contributed by atoms with Crippen LogP contribution in [-0.2, 0) is 11.1 Å². The third-order valence-corrected chi connectivity index (χ3v) is 9.56. The van der Waals surface area contributed by atoms with E-state index in [-0.39, 0.29) is 5.78 Å². The first-order valence-corrected chi connectivity index (χ1v) is 13.0. The van der Waals surface area contributed by atoms with Crippen LogP contribution >= 0.6 is 7.14 Å². The van der Waals surface area contributed by atoms with E-state index < -0.39 is 7.14 Å². The van der Waals surface area contributed by atoms with Gasteiger partial charge in [0, 0.05) is 17.2 Å². The summed E-state index contributed by atoms with van der Waals surface area (Å²) in [4.78, 5) is 2.18. The molecule has 0 fully saturated rings. The number of nitrogens with zero attached hydrogens (tertiary/aromatic N) is 1. The van der Waals surface area contributed by atoms with Gasteiger partial charge in [0.05, 0.1) is 20.0 Å². The van der Waals surface area contributed by atoms with Crippen LogP contribution in [0.25, 0.3) is 0 Å². The maximum atomic E-state index is 15.3. The lowest BCUT2D eigenvalue weighted by Crippen LogP contribution is -2.32. The van der Waals surface area contributed by atoms with E-state index in [1.54, 1.807) is 14.2 Å². The van der Waals surface area contributed by atoms with Crippen molar-refractivity contribution in [1.29, 1.82) is 0 Å². The molecule has 0 aliphatic carbocycles. The lowest BCUT2D eigenvalue weighted by molar-refractivity contribution is 0.298. The van der Waals surface area contributed by atoms with Gasteiger partial charge in [0.15, 0.2) is 7.14 Å². The van der Waals surface area contributed by atoms with Gasteiger partial charge < -0.3 is 14.0 Å². The molecule has 0 aliphatic rings. The highest BCUT2D eigenvalue weighted by Gasteiger charge is 2.40. The number of methoxy groups -OCH3 is 2. The van der Waals surface area contributed by atoms with Crippen molar-refractivity contribution in [3.05, 3.63) is 120 Å². The standard InChI is InChI=1S/C29H30NO3P/c1-30(22-23-14-18-25(32-2)19-15-23)29(24-16-20-26(33-3)21-17-24)34(31,27-10-6-4-7-11-27)28-12-8-5-9-13-28/h4-21,29H,22H2,1-3H3. The molecule has 1 unspecified atom stereocenters. The van der Waals surface area contributed by atoms with Crippen molar-refractivity contribution in [2.75, 3.05) is 21.3 Å². The number of rotatable bonds is 9. The average Bonchev–Trinajstić information content (AvgIpc) is 2.90. The Bertz CT molecular complexity index is 1180. The molecule has 0 heterocycles. The molecule has 0 radical (unpaired) electrons. The van der Waals surface area contributed by atoms with Crippen LogP contribution in [0.5, 0.6) is 11.5 Å². The van der Waals surface area contributed by atoms with Gasteiger partial charge in [-0.25, -0.2) is 0 Å². The normalized spacial score (nSPS) is 12.4. The molecule has 0 aliphatic heterocycles. The molecule has 1 atom stereocenters. The maximum Gasteiger partial charge on any atom is 0.163 e. The highest BCUT2D eigenvalue weighted by Crippen LogP contribution is 2.58. The predicted octanol–water partition coefficient (Wildman–Crippen LogP) is 5.85. The Morgan fingerprint density at radius 3 is 1.56 bits per heavy atom. The second-order valence-electron chi connectivity index (χ2n) is 8.24. The minimum atomic E-state index is -3.13. The monoisotopic (exact) mass is 471 g/mol. The summed E-state index contributed by atoms with van der Waals surface area (Å²) in [6.45, 7) is 0.629. The molecule has 4 aromatic carbocycles. The Kier molecular flexibility index (Phi) is 7.52. The van der Waals surface area contributed by atoms with Gasteiger partial charge in [0.2, 0.25) is 0 Å². The third-order valence-electron chi connectivity index (χ3n) is 6.05. The summed E-state index contributed by atoms with van der Waals surface area (Å²) in [5.41, 5.74) is 2.10. The van der Waals surface area contributed by atoms with Gasteiger partial charge in [0.1, 0.15) is 11.5 Å². The first-order valence-electron chi connectivity index (χ1n) is 11.2. The molecule has 0 saturated heterocycles. The number of ether oxygens (including phenoxy) is 2. The van der Waals surface area contributed by atoms with Gasteiger partial charge in [-0.05, 0) is 42.4 Å². The summed E-state index contributed by atoms with van der Waals surface area (Å²) < 4.78 is 26.0. The van der Waals surface area contributed by atoms with E-state index in [1.807, 2.05) is 104 Å². The molecule has 0 aromatic heterocycles. The highest BCUT2D eigenvalue weighted by atomic mass is 31.2. The summed E-state index contributed by atoms with van der Waals surface area (Å²) in [5, 5.41) is 1.67. The van der Waals surface area contributed by atoms with Crippen LogP contribution in [0, 0.1) is 0 Å². The van der Waals surface area contributed by atoms with E-state index in [0.29, 0.717) is 6.54 Å². The van der Waals surface area contributed by atoms with Gasteiger partial charge >= 0.3 is 0 Å². The van der Waals surface area contributed by atoms with Gasteiger partial charge in [-0.2, -0.15) is 0 Å². The van der Waals surface area contributed by atoms with Crippen molar-refractivity contribution >= 4 is 17.8 Å². The Balaban J connectivity index is 1.85. The van der Waals surface area contributed by atoms with Crippen molar-refractivity contribution in [2.45, 2.75) is 12.3 Å². The molecule has 0 N–H and O–H groups in total. The van der Waals surface area contributed by atoms with E-state index in [9.17, 15) is 0 Å². The number of hydrogen-bond acceptors (Lipinski definition) is 4. The van der Waals surface area contributed by atoms with Crippen LogP contribution in [0.3, 0.4) is 0 Å². The molecule has 0 bridgehead atoms. The molecule has 34 heavy (non-hydrogen) atoms. The molecule has 5 heteroatoms. The average molecular weight is 472 g/mol. The van der Waals surface area contributed by atoms with Crippen LogP contribution in [0.15, 0.2) is 109 Å². The molecule has 0 saturated carbocycles. The molecule has 4 nitrogen and oxygen atoms in total. The van der Waals surface area contributed by atoms with Crippen LogP contribution in [0.4, 0.5) is 0 Å². The van der Waals surface area contributed by atoms with Crippen LogP contribution in [0.2, 0.25) is 0 Å². The second-order valence-corrected chi connectivity index (χ2v) is 11.1. The van der Waals surface area contributed by atoms with Gasteiger partial charge in [-0.1, -0.05) is 84.9 Å². The molecule has 174 valence electrons. The second kappa shape index (κ2) is 10.7. The molecular weight excluding hydrogens is 441 g/mol. The van der Waals surface area contributed by atoms with Crippen molar-refractivity contribution in [1.82, 2.24) is 4.90 Å². The number of hydrogen-bond donors (Lipinski definition) is 0. The van der Waals surface area contributed by atoms with E-state index in [2.05, 4.69) is 17.0 Å². The number of benzene rings is 4. The Hall–Kier alpha value is -3.33. The van der Waals surface area contributed by atoms with Gasteiger partial charge in [-0.15, -0.1) is 0 Å². The lowest BCUT2D eigenvalue weighted by Gasteiger charge is -2.36. The van der Waals surface area contributed by atoms with Crippen LogP contribution < -0.4 is 20.1 Å². The Morgan fingerprint density at radius 2 is 1.12 bits per heavy atom. The molecular formula is C29H30NO3P. The fraction of sp³-hybridized carbons (Fsp3) is 0.172. The summed E-state index contributed by atoms with van der Waals surface area (Å²) in [5.74, 6) is 1.22. The van der Waals surface area contributed by atoms with E-state index >= 15 is 4.57 Å². The quantitative estimate of drug-likeness (QED) is 0.287. The van der Waals surface area contributed by atoms with Crippen LogP contribution in [0.1, 0.15) is 16.9 Å². The largest absolute Gasteiger partial charge is 0.497 e. The van der Waals surface area contributed by atoms with Crippen molar-refractivity contribution < 1.29 is 14.0 Å². The minimum Gasteiger partial charge on any atom is -0.497 e. The van der Waals surface area contributed by atoms with E-state index in [0.717, 1.165) is 33.2 Å². The first kappa shape index (κ1) is 23.8. The zero-order valence-corrected chi connectivity index (χ0v) is 20.7. The van der Waals surface area contributed by atoms with Crippen molar-refractivity contribution in [2.24, 2.45) is 0 Å². The fourth-order valence-corrected chi connectivity index (χ4v) is 7.68. The third kappa shape index (κ3) is 4.94. The predicted molar refractivity (Wildman–Crippen MR) is 140 cm³/mol. The zero-order chi connectivity index (χ0) is 24.0. The smallest absolute Gasteiger partial charge is 0.163 e. The van der Waals surface area contributed by atoms with Crippen molar-refractivity contribution in [3.63, 3.8) is 0 Å². The fourth-order valence-electron chi connectivity index (χ4n) is 4.35. The maximum absolute atomic E-state index is 15.3. The van der Waals surface area contributed by atoms with E-state index in [4.69, 9.17) is 9.47 Å². The molecule has 4 aromatic rings. The van der Waals surface area contributed by atoms with Crippen LogP contribution in [-0.4, -0.2) is 26.2 Å². The lowest BCUT2D eigenvalue weighted by atomic mass is 10.1. The zero-order valence-electron chi connectivity index (χ0n) is 19.8. The van der Waals surface area contributed by atoms with Crippen molar-refractivity contribution in [3.8, 4) is 11.5 Å². The highest BCUT2D eigenvalue weighted by molar-refractivity contribution is 7.78. The molecule has 4 rings (SSSR count). The topological polar surface area (TPSA) is 38.8 Å². The summed E-state index contributed by atoms with van der Waals surface area (Å²) >= 11 is 0. The Morgan fingerprint density at radius 1 is 0.676 bits per heavy atom. The van der Waals surface area contributed by atoms with Gasteiger partial charge in [0.25, 0.3) is 0 Å². The molecule has 0 spiro atoms. The first-order chi connectivity index (χ1) is 16.6.